The summed E-state index contributed by atoms with van der Waals surface area (Å²) in [7, 11) is 6.72. The quantitative estimate of drug-likeness (QED) is 0.340. The number of hydrogen-bond donors (Lipinski definition) is 1. The highest BCUT2D eigenvalue weighted by molar-refractivity contribution is 5.91. The van der Waals surface area contributed by atoms with Gasteiger partial charge in [-0.3, -0.25) is 4.68 Å². The molecule has 2 heterocycles. The fourth-order valence-corrected chi connectivity index (χ4v) is 4.03. The van der Waals surface area contributed by atoms with E-state index in [9.17, 15) is 0 Å². The molecule has 0 amide bonds. The Kier molecular flexibility index (Phi) is 7.19. The van der Waals surface area contributed by atoms with Crippen molar-refractivity contribution in [1.82, 2.24) is 19.7 Å². The number of para-hydroxylation sites is 1. The molecule has 0 aliphatic rings. The summed E-state index contributed by atoms with van der Waals surface area (Å²) >= 11 is 0. The van der Waals surface area contributed by atoms with Crippen LogP contribution in [-0.4, -0.2) is 41.1 Å². The first-order valence-electron chi connectivity index (χ1n) is 11.5. The molecule has 0 saturated carbocycles. The van der Waals surface area contributed by atoms with Gasteiger partial charge in [-0.2, -0.15) is 5.10 Å². The molecule has 2 aromatic heterocycles. The Hall–Kier alpha value is -4.07. The number of hydrogen-bond acceptors (Lipinski definition) is 7. The lowest BCUT2D eigenvalue weighted by Crippen LogP contribution is -2.02. The van der Waals surface area contributed by atoms with E-state index in [-0.39, 0.29) is 0 Å². The van der Waals surface area contributed by atoms with Crippen molar-refractivity contribution >= 4 is 34.7 Å². The molecule has 182 valence electrons. The van der Waals surface area contributed by atoms with Crippen molar-refractivity contribution < 1.29 is 14.2 Å². The zero-order valence-corrected chi connectivity index (χ0v) is 21.0. The zero-order chi connectivity index (χ0) is 24.9. The van der Waals surface area contributed by atoms with Crippen molar-refractivity contribution in [3.05, 3.63) is 59.0 Å². The van der Waals surface area contributed by atoms with E-state index in [1.807, 2.05) is 54.2 Å². The first-order chi connectivity index (χ1) is 17.0. The summed E-state index contributed by atoms with van der Waals surface area (Å²) < 4.78 is 18.2. The lowest BCUT2D eigenvalue weighted by atomic mass is 10.1. The third-order valence-electron chi connectivity index (χ3n) is 5.77. The van der Waals surface area contributed by atoms with Crippen LogP contribution in [0.15, 0.2) is 36.4 Å². The molecule has 8 heteroatoms. The molecular formula is C27H31N5O3. The van der Waals surface area contributed by atoms with Crippen LogP contribution in [0.3, 0.4) is 0 Å². The molecular weight excluding hydrogens is 442 g/mol. The molecule has 8 nitrogen and oxygen atoms in total. The van der Waals surface area contributed by atoms with Crippen LogP contribution in [0.2, 0.25) is 0 Å². The van der Waals surface area contributed by atoms with Crippen molar-refractivity contribution in [2.75, 3.05) is 26.6 Å². The standard InChI is InChI=1S/C27H31N5O3/c1-7-10-20-24-25(32(3)31-20)27(28-19-12-9-8-11-17(19)2)30-23(29-24)14-13-18-15-21(33-4)26(35-6)22(16-18)34-5/h8-9,11-16H,7,10H2,1-6H3,(H,28,29,30)/b14-13+. The van der Waals surface area contributed by atoms with E-state index in [1.165, 1.54) is 0 Å². The van der Waals surface area contributed by atoms with Gasteiger partial charge in [0.2, 0.25) is 5.75 Å². The number of aryl methyl sites for hydroxylation is 3. The maximum absolute atomic E-state index is 5.48. The second kappa shape index (κ2) is 10.5. The van der Waals surface area contributed by atoms with Gasteiger partial charge in [0, 0.05) is 12.7 Å². The molecule has 1 N–H and O–H groups in total. The van der Waals surface area contributed by atoms with E-state index >= 15 is 0 Å². The van der Waals surface area contributed by atoms with E-state index < -0.39 is 0 Å². The third-order valence-corrected chi connectivity index (χ3v) is 5.77. The van der Waals surface area contributed by atoms with Gasteiger partial charge >= 0.3 is 0 Å². The minimum atomic E-state index is 0.550. The summed E-state index contributed by atoms with van der Waals surface area (Å²) in [6, 6.07) is 11.9. The monoisotopic (exact) mass is 473 g/mol. The van der Waals surface area contributed by atoms with Gasteiger partial charge in [-0.25, -0.2) is 9.97 Å². The number of ether oxygens (including phenoxy) is 3. The highest BCUT2D eigenvalue weighted by Gasteiger charge is 2.17. The summed E-state index contributed by atoms with van der Waals surface area (Å²) in [5.41, 5.74) is 5.68. The van der Waals surface area contributed by atoms with Crippen LogP contribution in [0.25, 0.3) is 23.2 Å². The zero-order valence-electron chi connectivity index (χ0n) is 21.0. The number of anilines is 2. The molecule has 0 radical (unpaired) electrons. The normalized spacial score (nSPS) is 11.3. The fraction of sp³-hybridized carbons (Fsp3) is 0.296. The number of nitrogens with one attached hydrogen (secondary N) is 1. The third kappa shape index (κ3) is 4.91. The van der Waals surface area contributed by atoms with E-state index in [1.54, 1.807) is 21.3 Å². The van der Waals surface area contributed by atoms with Crippen LogP contribution in [0.5, 0.6) is 17.2 Å². The summed E-state index contributed by atoms with van der Waals surface area (Å²) in [6.07, 6.45) is 5.63. The maximum atomic E-state index is 5.48. The topological polar surface area (TPSA) is 83.3 Å². The van der Waals surface area contributed by atoms with Gasteiger partial charge in [-0.05, 0) is 48.7 Å². The molecule has 0 unspecified atom stereocenters. The van der Waals surface area contributed by atoms with Crippen LogP contribution in [0, 0.1) is 6.92 Å². The van der Waals surface area contributed by atoms with Crippen molar-refractivity contribution in [3.8, 4) is 17.2 Å². The fourth-order valence-electron chi connectivity index (χ4n) is 4.03. The summed E-state index contributed by atoms with van der Waals surface area (Å²) in [4.78, 5) is 9.71. The Morgan fingerprint density at radius 3 is 2.31 bits per heavy atom. The molecule has 0 saturated heterocycles. The molecule has 0 bridgehead atoms. The number of methoxy groups -OCH3 is 3. The molecule has 0 aliphatic carbocycles. The van der Waals surface area contributed by atoms with Crippen LogP contribution >= 0.6 is 0 Å². The van der Waals surface area contributed by atoms with Gasteiger partial charge in [-0.1, -0.05) is 37.6 Å². The van der Waals surface area contributed by atoms with E-state index in [2.05, 4.69) is 25.2 Å². The Bertz CT molecular complexity index is 1350. The second-order valence-electron chi connectivity index (χ2n) is 8.18. The van der Waals surface area contributed by atoms with Gasteiger partial charge in [0.1, 0.15) is 11.0 Å². The number of nitrogens with zero attached hydrogens (tertiary/aromatic N) is 4. The largest absolute Gasteiger partial charge is 0.493 e. The van der Waals surface area contributed by atoms with E-state index in [4.69, 9.17) is 29.3 Å². The molecule has 4 rings (SSSR count). The Labute approximate surface area is 205 Å². The maximum Gasteiger partial charge on any atom is 0.203 e. The second-order valence-corrected chi connectivity index (χ2v) is 8.18. The molecule has 0 spiro atoms. The number of fused-ring (bicyclic) bond motifs is 1. The van der Waals surface area contributed by atoms with Crippen LogP contribution in [0.1, 0.15) is 36.0 Å². The van der Waals surface area contributed by atoms with Crippen molar-refractivity contribution in [2.45, 2.75) is 26.7 Å². The average molecular weight is 474 g/mol. The average Bonchev–Trinajstić information content (AvgIpc) is 3.18. The SMILES string of the molecule is CCCc1nn(C)c2c(Nc3ccccc3C)nc(/C=C/c3cc(OC)c(OC)c(OC)c3)nc12. The van der Waals surface area contributed by atoms with Crippen molar-refractivity contribution in [3.63, 3.8) is 0 Å². The van der Waals surface area contributed by atoms with Gasteiger partial charge in [0.15, 0.2) is 23.1 Å². The molecule has 2 aromatic carbocycles. The highest BCUT2D eigenvalue weighted by atomic mass is 16.5. The Morgan fingerprint density at radius 2 is 1.69 bits per heavy atom. The van der Waals surface area contributed by atoms with Crippen LogP contribution in [-0.2, 0) is 13.5 Å². The van der Waals surface area contributed by atoms with Crippen LogP contribution < -0.4 is 19.5 Å². The summed E-state index contributed by atoms with van der Waals surface area (Å²) in [5, 5.41) is 8.23. The molecule has 4 aromatic rings. The summed E-state index contributed by atoms with van der Waals surface area (Å²) in [6.45, 7) is 4.21. The van der Waals surface area contributed by atoms with Gasteiger partial charge in [0.25, 0.3) is 0 Å². The smallest absolute Gasteiger partial charge is 0.203 e. The Balaban J connectivity index is 1.81. The minimum Gasteiger partial charge on any atom is -0.493 e. The van der Waals surface area contributed by atoms with Crippen LogP contribution in [0.4, 0.5) is 11.5 Å². The molecule has 0 atom stereocenters. The van der Waals surface area contributed by atoms with Gasteiger partial charge < -0.3 is 19.5 Å². The minimum absolute atomic E-state index is 0.550. The van der Waals surface area contributed by atoms with Crippen molar-refractivity contribution in [1.29, 1.82) is 0 Å². The lowest BCUT2D eigenvalue weighted by Gasteiger charge is -2.13. The van der Waals surface area contributed by atoms with E-state index in [0.717, 1.165) is 46.4 Å². The van der Waals surface area contributed by atoms with E-state index in [0.29, 0.717) is 28.9 Å². The first kappa shape index (κ1) is 24.1. The van der Waals surface area contributed by atoms with Gasteiger partial charge in [0.05, 0.1) is 27.0 Å². The predicted octanol–water partition coefficient (Wildman–Crippen LogP) is 5.56. The van der Waals surface area contributed by atoms with Crippen molar-refractivity contribution in [2.24, 2.45) is 7.05 Å². The predicted molar refractivity (Wildman–Crippen MR) is 140 cm³/mol. The highest BCUT2D eigenvalue weighted by Crippen LogP contribution is 2.38. The summed E-state index contributed by atoms with van der Waals surface area (Å²) in [5.74, 6) is 3.01. The number of benzene rings is 2. The van der Waals surface area contributed by atoms with Gasteiger partial charge in [-0.15, -0.1) is 0 Å². The lowest BCUT2D eigenvalue weighted by molar-refractivity contribution is 0.324. The Morgan fingerprint density at radius 1 is 0.971 bits per heavy atom. The number of aromatic nitrogens is 4. The number of rotatable bonds is 9. The first-order valence-corrected chi connectivity index (χ1v) is 11.5. The molecule has 35 heavy (non-hydrogen) atoms. The molecule has 0 fully saturated rings. The molecule has 0 aliphatic heterocycles.